The van der Waals surface area contributed by atoms with Crippen molar-refractivity contribution in [3.8, 4) is 11.5 Å². The van der Waals surface area contributed by atoms with Crippen molar-refractivity contribution in [2.45, 2.75) is 12.6 Å². The van der Waals surface area contributed by atoms with Crippen molar-refractivity contribution in [1.82, 2.24) is 15.1 Å². The molecular formula is C22H32N4O2. The lowest BCUT2D eigenvalue weighted by Crippen LogP contribution is -2.42. The molecule has 0 aliphatic rings. The Morgan fingerprint density at radius 2 is 1.75 bits per heavy atom. The van der Waals surface area contributed by atoms with Crippen LogP contribution in [-0.4, -0.2) is 64.7 Å². The number of ether oxygens (including phenoxy) is 2. The quantitative estimate of drug-likeness (QED) is 0.560. The Labute approximate surface area is 168 Å². The Kier molecular flexibility index (Phi) is 8.14. The predicted molar refractivity (Wildman–Crippen MR) is 115 cm³/mol. The number of likely N-dealkylation sites (N-methyl/N-ethyl adjacent to an activating group) is 1. The minimum Gasteiger partial charge on any atom is -0.497 e. The molecule has 0 spiro atoms. The van der Waals surface area contributed by atoms with E-state index in [2.05, 4.69) is 58.5 Å². The molecular weight excluding hydrogens is 352 g/mol. The fraction of sp³-hybridized carbons (Fsp3) is 0.409. The highest BCUT2D eigenvalue weighted by molar-refractivity contribution is 5.79. The largest absolute Gasteiger partial charge is 0.497 e. The molecule has 1 atom stereocenters. The highest BCUT2D eigenvalue weighted by Crippen LogP contribution is 2.25. The number of hydrogen-bond acceptors (Lipinski definition) is 4. The van der Waals surface area contributed by atoms with Crippen molar-refractivity contribution in [3.05, 3.63) is 59.7 Å². The third kappa shape index (κ3) is 5.63. The van der Waals surface area contributed by atoms with Gasteiger partial charge < -0.3 is 24.6 Å². The summed E-state index contributed by atoms with van der Waals surface area (Å²) in [5, 5.41) is 3.50. The van der Waals surface area contributed by atoms with Crippen LogP contribution < -0.4 is 14.8 Å². The molecule has 0 saturated heterocycles. The lowest BCUT2D eigenvalue weighted by atomic mass is 10.1. The van der Waals surface area contributed by atoms with Crippen molar-refractivity contribution in [3.63, 3.8) is 0 Å². The molecule has 2 rings (SSSR count). The molecule has 152 valence electrons. The number of methoxy groups -OCH3 is 2. The summed E-state index contributed by atoms with van der Waals surface area (Å²) in [6.45, 7) is 1.43. The summed E-state index contributed by atoms with van der Waals surface area (Å²) in [5.41, 5.74) is 2.34. The third-order valence-corrected chi connectivity index (χ3v) is 4.74. The number of hydrogen-bond donors (Lipinski definition) is 1. The maximum atomic E-state index is 5.52. The lowest BCUT2D eigenvalue weighted by molar-refractivity contribution is 0.295. The van der Waals surface area contributed by atoms with Crippen LogP contribution in [0.15, 0.2) is 53.5 Å². The zero-order valence-corrected chi connectivity index (χ0v) is 17.8. The summed E-state index contributed by atoms with van der Waals surface area (Å²) in [7, 11) is 11.3. The molecule has 6 heteroatoms. The fourth-order valence-corrected chi connectivity index (χ4v) is 3.16. The first-order valence-electron chi connectivity index (χ1n) is 9.34. The van der Waals surface area contributed by atoms with E-state index in [-0.39, 0.29) is 6.04 Å². The van der Waals surface area contributed by atoms with E-state index in [0.29, 0.717) is 6.54 Å². The van der Waals surface area contributed by atoms with Crippen molar-refractivity contribution in [1.29, 1.82) is 0 Å². The van der Waals surface area contributed by atoms with Gasteiger partial charge in [0, 0.05) is 38.8 Å². The molecule has 0 aromatic heterocycles. The van der Waals surface area contributed by atoms with Crippen molar-refractivity contribution >= 4 is 5.96 Å². The first-order chi connectivity index (χ1) is 13.5. The van der Waals surface area contributed by atoms with Crippen LogP contribution in [-0.2, 0) is 6.54 Å². The molecule has 1 unspecified atom stereocenters. The van der Waals surface area contributed by atoms with Gasteiger partial charge in [-0.3, -0.25) is 4.99 Å². The second-order valence-corrected chi connectivity index (χ2v) is 6.85. The summed E-state index contributed by atoms with van der Waals surface area (Å²) in [6.07, 6.45) is 0. The minimum absolute atomic E-state index is 0.252. The highest BCUT2D eigenvalue weighted by Gasteiger charge is 2.16. The average Bonchev–Trinajstić information content (AvgIpc) is 2.71. The molecule has 0 saturated carbocycles. The molecule has 0 aliphatic heterocycles. The summed E-state index contributed by atoms with van der Waals surface area (Å²) in [4.78, 5) is 8.74. The molecule has 0 fully saturated rings. The maximum Gasteiger partial charge on any atom is 0.193 e. The number of benzene rings is 2. The van der Waals surface area contributed by atoms with E-state index in [1.54, 1.807) is 21.3 Å². The molecule has 0 amide bonds. The molecule has 2 aromatic carbocycles. The van der Waals surface area contributed by atoms with Crippen LogP contribution in [0.5, 0.6) is 11.5 Å². The van der Waals surface area contributed by atoms with Gasteiger partial charge in [-0.2, -0.15) is 0 Å². The van der Waals surface area contributed by atoms with Gasteiger partial charge in [0.2, 0.25) is 0 Å². The molecule has 2 aromatic rings. The first-order valence-corrected chi connectivity index (χ1v) is 9.34. The smallest absolute Gasteiger partial charge is 0.193 e. The van der Waals surface area contributed by atoms with Gasteiger partial charge in [-0.15, -0.1) is 0 Å². The molecule has 0 aliphatic carbocycles. The van der Waals surface area contributed by atoms with Gasteiger partial charge in [0.15, 0.2) is 5.96 Å². The highest BCUT2D eigenvalue weighted by atomic mass is 16.5. The van der Waals surface area contributed by atoms with Crippen LogP contribution in [0, 0.1) is 0 Å². The Hall–Kier alpha value is -2.73. The van der Waals surface area contributed by atoms with Gasteiger partial charge in [0.1, 0.15) is 11.5 Å². The van der Waals surface area contributed by atoms with Crippen molar-refractivity contribution < 1.29 is 9.47 Å². The minimum atomic E-state index is 0.252. The van der Waals surface area contributed by atoms with E-state index in [1.165, 1.54) is 5.56 Å². The standard InChI is InChI=1S/C22H32N4O2/c1-23-22(24-15-20(25(2)3)17-10-8-7-9-11-17)26(4)16-18-12-13-19(27-5)14-21(18)28-6/h7-14,20H,15-16H2,1-6H3,(H,23,24). The molecule has 1 N–H and O–H groups in total. The number of rotatable bonds is 8. The van der Waals surface area contributed by atoms with E-state index in [0.717, 1.165) is 29.6 Å². The van der Waals surface area contributed by atoms with E-state index in [4.69, 9.17) is 9.47 Å². The Morgan fingerprint density at radius 3 is 2.32 bits per heavy atom. The summed E-state index contributed by atoms with van der Waals surface area (Å²) in [5.74, 6) is 2.42. The maximum absolute atomic E-state index is 5.52. The monoisotopic (exact) mass is 384 g/mol. The Morgan fingerprint density at radius 1 is 1.04 bits per heavy atom. The van der Waals surface area contributed by atoms with Gasteiger partial charge in [0.05, 0.1) is 20.3 Å². The molecule has 0 radical (unpaired) electrons. The Bertz CT molecular complexity index is 762. The second-order valence-electron chi connectivity index (χ2n) is 6.85. The van der Waals surface area contributed by atoms with E-state index in [9.17, 15) is 0 Å². The van der Waals surface area contributed by atoms with Gasteiger partial charge in [0.25, 0.3) is 0 Å². The van der Waals surface area contributed by atoms with Crippen LogP contribution in [0.4, 0.5) is 0 Å². The number of nitrogens with one attached hydrogen (secondary N) is 1. The van der Waals surface area contributed by atoms with Crippen LogP contribution in [0.2, 0.25) is 0 Å². The predicted octanol–water partition coefficient (Wildman–Crippen LogP) is 3.01. The summed E-state index contributed by atoms with van der Waals surface area (Å²) >= 11 is 0. The van der Waals surface area contributed by atoms with Gasteiger partial charge >= 0.3 is 0 Å². The Balaban J connectivity index is 2.06. The van der Waals surface area contributed by atoms with E-state index in [1.807, 2.05) is 31.3 Å². The molecule has 28 heavy (non-hydrogen) atoms. The molecule has 6 nitrogen and oxygen atoms in total. The third-order valence-electron chi connectivity index (χ3n) is 4.74. The van der Waals surface area contributed by atoms with Gasteiger partial charge in [-0.05, 0) is 31.8 Å². The average molecular weight is 385 g/mol. The SMILES string of the molecule is CN=C(NCC(c1ccccc1)N(C)C)N(C)Cc1ccc(OC)cc1OC. The van der Waals surface area contributed by atoms with E-state index < -0.39 is 0 Å². The van der Waals surface area contributed by atoms with Crippen LogP contribution >= 0.6 is 0 Å². The normalized spacial score (nSPS) is 12.6. The number of guanidine groups is 1. The zero-order valence-electron chi connectivity index (χ0n) is 17.8. The van der Waals surface area contributed by atoms with Crippen LogP contribution in [0.25, 0.3) is 0 Å². The second kappa shape index (κ2) is 10.6. The van der Waals surface area contributed by atoms with Crippen molar-refractivity contribution in [2.24, 2.45) is 4.99 Å². The lowest BCUT2D eigenvalue weighted by Gasteiger charge is -2.28. The van der Waals surface area contributed by atoms with Crippen molar-refractivity contribution in [2.75, 3.05) is 49.0 Å². The molecule has 0 bridgehead atoms. The number of aliphatic imine (C=N–C) groups is 1. The fourth-order valence-electron chi connectivity index (χ4n) is 3.16. The summed E-state index contributed by atoms with van der Waals surface area (Å²) < 4.78 is 10.8. The van der Waals surface area contributed by atoms with Gasteiger partial charge in [-0.1, -0.05) is 30.3 Å². The first kappa shape index (κ1) is 21.6. The molecule has 0 heterocycles. The van der Waals surface area contributed by atoms with E-state index >= 15 is 0 Å². The zero-order chi connectivity index (χ0) is 20.5. The van der Waals surface area contributed by atoms with Crippen LogP contribution in [0.3, 0.4) is 0 Å². The number of nitrogens with zero attached hydrogens (tertiary/aromatic N) is 3. The topological polar surface area (TPSA) is 49.3 Å². The van der Waals surface area contributed by atoms with Gasteiger partial charge in [-0.25, -0.2) is 0 Å². The van der Waals surface area contributed by atoms with Crippen LogP contribution in [0.1, 0.15) is 17.2 Å². The summed E-state index contributed by atoms with van der Waals surface area (Å²) in [6, 6.07) is 16.6.